The van der Waals surface area contributed by atoms with E-state index in [0.717, 1.165) is 18.4 Å². The maximum Gasteiger partial charge on any atom is 0.432 e. The Balaban J connectivity index is 1.51. The Hall–Kier alpha value is -2.89. The van der Waals surface area contributed by atoms with Crippen LogP contribution in [0.4, 0.5) is 22.0 Å². The lowest BCUT2D eigenvalue weighted by atomic mass is 9.85. The van der Waals surface area contributed by atoms with Crippen molar-refractivity contribution in [2.75, 3.05) is 13.2 Å². The van der Waals surface area contributed by atoms with Gasteiger partial charge in [0.2, 0.25) is 5.60 Å². The summed E-state index contributed by atoms with van der Waals surface area (Å²) in [6.07, 6.45) is -4.35. The van der Waals surface area contributed by atoms with Crippen LogP contribution in [0, 0.1) is 6.92 Å². The second kappa shape index (κ2) is 10.0. The molecule has 0 saturated carbocycles. The molecule has 0 radical (unpaired) electrons. The predicted molar refractivity (Wildman–Crippen MR) is 129 cm³/mol. The Bertz CT molecular complexity index is 1290. The van der Waals surface area contributed by atoms with Gasteiger partial charge < -0.3 is 10.1 Å². The Labute approximate surface area is 224 Å². The molecular weight excluding hydrogens is 558 g/mol. The van der Waals surface area contributed by atoms with Crippen LogP contribution < -0.4 is 5.32 Å². The maximum atomic E-state index is 14.3. The number of nitrogens with one attached hydrogen (secondary N) is 1. The van der Waals surface area contributed by atoms with Crippen molar-refractivity contribution in [3.05, 3.63) is 75.0 Å². The summed E-state index contributed by atoms with van der Waals surface area (Å²) in [5.74, 6) is -4.66. The highest BCUT2D eigenvalue weighted by molar-refractivity contribution is 6.34. The van der Waals surface area contributed by atoms with Gasteiger partial charge in [0, 0.05) is 34.5 Å². The molecule has 204 valence electrons. The quantitative estimate of drug-likeness (QED) is 0.424. The smallest absolute Gasteiger partial charge is 0.432 e. The molecule has 2 aromatic carbocycles. The molecule has 1 fully saturated rings. The number of amides is 2. The molecule has 4 rings (SSSR count). The van der Waals surface area contributed by atoms with E-state index < -0.39 is 48.5 Å². The summed E-state index contributed by atoms with van der Waals surface area (Å²) in [7, 11) is 0. The van der Waals surface area contributed by atoms with Crippen molar-refractivity contribution in [3.63, 3.8) is 0 Å². The standard InChI is InChI=1S/C25H21Cl2F5N2O4/c1-13-5-14(3-4-19(13)21(35)33-20-11-38-34(22(20)36)12-23(2,28)29)15-9-24(37-10-15,25(30,31)32)16-6-17(26)8-18(27)7-16/h3-8,10,20H,9,11-12H2,1-2H3,(H,33,35)/t20-,24?/m0/s1. The van der Waals surface area contributed by atoms with Gasteiger partial charge >= 0.3 is 6.18 Å². The Morgan fingerprint density at radius 2 is 1.79 bits per heavy atom. The minimum absolute atomic E-state index is 0.0251. The van der Waals surface area contributed by atoms with Crippen LogP contribution in [0.15, 0.2) is 42.7 Å². The highest BCUT2D eigenvalue weighted by Gasteiger charge is 2.60. The summed E-state index contributed by atoms with van der Waals surface area (Å²) < 4.78 is 74.5. The first-order valence-corrected chi connectivity index (χ1v) is 12.0. The monoisotopic (exact) mass is 578 g/mol. The zero-order valence-corrected chi connectivity index (χ0v) is 21.5. The van der Waals surface area contributed by atoms with Crippen LogP contribution >= 0.6 is 23.2 Å². The van der Waals surface area contributed by atoms with E-state index in [1.54, 1.807) is 6.92 Å². The zero-order chi connectivity index (χ0) is 28.0. The third-order valence-electron chi connectivity index (χ3n) is 6.14. The van der Waals surface area contributed by atoms with Crippen LogP contribution in [0.25, 0.3) is 5.57 Å². The molecule has 2 amide bonds. The molecule has 13 heteroatoms. The molecule has 2 aromatic rings. The average Bonchev–Trinajstić information content (AvgIpc) is 3.38. The van der Waals surface area contributed by atoms with Gasteiger partial charge in [0.15, 0.2) is 0 Å². The van der Waals surface area contributed by atoms with Gasteiger partial charge in [-0.2, -0.15) is 13.2 Å². The Kier molecular flexibility index (Phi) is 7.41. The van der Waals surface area contributed by atoms with Gasteiger partial charge in [-0.15, -0.1) is 0 Å². The molecule has 1 N–H and O–H groups in total. The molecule has 2 heterocycles. The number of nitrogens with zero attached hydrogens (tertiary/aromatic N) is 1. The topological polar surface area (TPSA) is 67.9 Å². The first-order chi connectivity index (χ1) is 17.6. The van der Waals surface area contributed by atoms with Crippen molar-refractivity contribution in [1.29, 1.82) is 0 Å². The third kappa shape index (κ3) is 5.60. The largest absolute Gasteiger partial charge is 0.480 e. The van der Waals surface area contributed by atoms with Gasteiger partial charge in [-0.25, -0.2) is 13.8 Å². The van der Waals surface area contributed by atoms with Crippen LogP contribution in [-0.4, -0.2) is 48.2 Å². The Morgan fingerprint density at radius 3 is 2.37 bits per heavy atom. The summed E-state index contributed by atoms with van der Waals surface area (Å²) in [5.41, 5.74) is -1.80. The molecule has 1 unspecified atom stereocenters. The molecule has 6 nitrogen and oxygen atoms in total. The number of benzene rings is 2. The SMILES string of the molecule is Cc1cc(C2=COC(c3cc(Cl)cc(Cl)c3)(C(F)(F)F)C2)ccc1C(=O)N[C@H]1CON(CC(C)(F)F)C1=O. The van der Waals surface area contributed by atoms with E-state index in [4.69, 9.17) is 32.8 Å². The molecule has 0 spiro atoms. The zero-order valence-electron chi connectivity index (χ0n) is 20.0. The minimum atomic E-state index is -4.81. The van der Waals surface area contributed by atoms with E-state index in [-0.39, 0.29) is 33.4 Å². The minimum Gasteiger partial charge on any atom is -0.480 e. The number of carbonyl (C=O) groups excluding carboxylic acids is 2. The van der Waals surface area contributed by atoms with Crippen molar-refractivity contribution < 1.29 is 41.1 Å². The molecule has 0 bridgehead atoms. The predicted octanol–water partition coefficient (Wildman–Crippen LogP) is 6.05. The van der Waals surface area contributed by atoms with Crippen molar-refractivity contribution in [3.8, 4) is 0 Å². The number of alkyl halides is 5. The van der Waals surface area contributed by atoms with Crippen LogP contribution in [0.5, 0.6) is 0 Å². The van der Waals surface area contributed by atoms with Gasteiger partial charge in [-0.05, 0) is 47.9 Å². The fourth-order valence-electron chi connectivity index (χ4n) is 4.29. The molecule has 38 heavy (non-hydrogen) atoms. The third-order valence-corrected chi connectivity index (χ3v) is 6.57. The van der Waals surface area contributed by atoms with Crippen molar-refractivity contribution in [1.82, 2.24) is 10.4 Å². The summed E-state index contributed by atoms with van der Waals surface area (Å²) in [6, 6.07) is 6.80. The lowest BCUT2D eigenvalue weighted by Crippen LogP contribution is -2.44. The lowest BCUT2D eigenvalue weighted by molar-refractivity contribution is -0.260. The molecule has 2 aliphatic heterocycles. The number of carbonyl (C=O) groups is 2. The van der Waals surface area contributed by atoms with Gasteiger partial charge in [-0.3, -0.25) is 14.4 Å². The number of hydroxylamine groups is 2. The van der Waals surface area contributed by atoms with E-state index in [2.05, 4.69) is 5.32 Å². The fourth-order valence-corrected chi connectivity index (χ4v) is 4.81. The van der Waals surface area contributed by atoms with Crippen LogP contribution in [0.3, 0.4) is 0 Å². The molecule has 0 aromatic heterocycles. The van der Waals surface area contributed by atoms with Gasteiger partial charge in [0.05, 0.1) is 6.26 Å². The van der Waals surface area contributed by atoms with E-state index in [0.29, 0.717) is 23.1 Å². The van der Waals surface area contributed by atoms with E-state index in [9.17, 15) is 31.5 Å². The molecule has 0 aliphatic carbocycles. The van der Waals surface area contributed by atoms with Crippen LogP contribution in [0.1, 0.15) is 40.4 Å². The highest BCUT2D eigenvalue weighted by Crippen LogP contribution is 2.52. The summed E-state index contributed by atoms with van der Waals surface area (Å²) in [6.45, 7) is 0.937. The average molecular weight is 579 g/mol. The molecule has 2 atom stereocenters. The van der Waals surface area contributed by atoms with Crippen molar-refractivity contribution in [2.24, 2.45) is 0 Å². The first-order valence-electron chi connectivity index (χ1n) is 11.2. The molecular formula is C25H21Cl2F5N2O4. The van der Waals surface area contributed by atoms with E-state index in [1.165, 1.54) is 24.3 Å². The number of ether oxygens (including phenoxy) is 1. The molecule has 1 saturated heterocycles. The summed E-state index contributed by atoms with van der Waals surface area (Å²) >= 11 is 11.9. The van der Waals surface area contributed by atoms with E-state index >= 15 is 0 Å². The number of halogens is 7. The fraction of sp³-hybridized carbons (Fsp3) is 0.360. The van der Waals surface area contributed by atoms with Crippen molar-refractivity contribution in [2.45, 2.75) is 44.0 Å². The highest BCUT2D eigenvalue weighted by atomic mass is 35.5. The van der Waals surface area contributed by atoms with Crippen molar-refractivity contribution >= 4 is 40.6 Å². The number of hydrogen-bond donors (Lipinski definition) is 1. The summed E-state index contributed by atoms with van der Waals surface area (Å²) in [5, 5.41) is 3.00. The molecule has 2 aliphatic rings. The van der Waals surface area contributed by atoms with Gasteiger partial charge in [-0.1, -0.05) is 35.3 Å². The first kappa shape index (κ1) is 28.1. The Morgan fingerprint density at radius 1 is 1.13 bits per heavy atom. The number of aryl methyl sites for hydroxylation is 1. The van der Waals surface area contributed by atoms with Gasteiger partial charge in [0.1, 0.15) is 19.2 Å². The second-order valence-corrected chi connectivity index (χ2v) is 10.1. The van der Waals surface area contributed by atoms with E-state index in [1.807, 2.05) is 0 Å². The lowest BCUT2D eigenvalue weighted by Gasteiger charge is -2.32. The normalized spacial score (nSPS) is 21.9. The van der Waals surface area contributed by atoms with Gasteiger partial charge in [0.25, 0.3) is 17.7 Å². The van der Waals surface area contributed by atoms with Crippen LogP contribution in [0.2, 0.25) is 10.0 Å². The second-order valence-electron chi connectivity index (χ2n) is 9.22. The van der Waals surface area contributed by atoms with Crippen LogP contribution in [-0.2, 0) is 20.0 Å². The summed E-state index contributed by atoms with van der Waals surface area (Å²) in [4.78, 5) is 30.0. The number of hydrogen-bond acceptors (Lipinski definition) is 4. The number of rotatable bonds is 6. The maximum absolute atomic E-state index is 14.3.